The lowest BCUT2D eigenvalue weighted by molar-refractivity contribution is -0.112. The SMILES string of the molecule is CCOc1c(Br)cc(Br)cc1/C=C(/C#N)C(=O)Nc1ccccc1I. The molecule has 2 aromatic rings. The van der Waals surface area contributed by atoms with E-state index in [1.165, 1.54) is 6.08 Å². The number of nitrogens with one attached hydrogen (secondary N) is 1. The molecule has 0 bridgehead atoms. The van der Waals surface area contributed by atoms with E-state index in [4.69, 9.17) is 4.74 Å². The molecule has 0 aliphatic heterocycles. The number of para-hydroxylation sites is 1. The zero-order valence-electron chi connectivity index (χ0n) is 13.1. The van der Waals surface area contributed by atoms with Crippen molar-refractivity contribution in [3.05, 3.63) is 60.1 Å². The van der Waals surface area contributed by atoms with Gasteiger partial charge in [-0.2, -0.15) is 5.26 Å². The van der Waals surface area contributed by atoms with Gasteiger partial charge >= 0.3 is 0 Å². The van der Waals surface area contributed by atoms with Gasteiger partial charge in [0.2, 0.25) is 0 Å². The van der Waals surface area contributed by atoms with Crippen LogP contribution in [0.1, 0.15) is 12.5 Å². The Bertz CT molecular complexity index is 876. The molecule has 0 heterocycles. The van der Waals surface area contributed by atoms with Gasteiger partial charge in [0, 0.05) is 13.6 Å². The smallest absolute Gasteiger partial charge is 0.266 e. The van der Waals surface area contributed by atoms with Gasteiger partial charge < -0.3 is 10.1 Å². The Morgan fingerprint density at radius 3 is 2.72 bits per heavy atom. The zero-order chi connectivity index (χ0) is 18.4. The maximum atomic E-state index is 12.5. The van der Waals surface area contributed by atoms with Crippen LogP contribution in [0.25, 0.3) is 6.08 Å². The van der Waals surface area contributed by atoms with Crippen molar-refractivity contribution in [2.24, 2.45) is 0 Å². The first-order valence-corrected chi connectivity index (χ1v) is 9.92. The number of benzene rings is 2. The highest BCUT2D eigenvalue weighted by Crippen LogP contribution is 2.34. The van der Waals surface area contributed by atoms with E-state index >= 15 is 0 Å². The van der Waals surface area contributed by atoms with Crippen molar-refractivity contribution in [1.82, 2.24) is 0 Å². The minimum absolute atomic E-state index is 0.00870. The predicted octanol–water partition coefficient (Wildman–Crippen LogP) is 5.76. The second-order valence-corrected chi connectivity index (χ2v) is 7.77. The molecule has 0 saturated carbocycles. The highest BCUT2D eigenvalue weighted by atomic mass is 127. The molecule has 0 radical (unpaired) electrons. The fraction of sp³-hybridized carbons (Fsp3) is 0.111. The van der Waals surface area contributed by atoms with Crippen LogP contribution >= 0.6 is 54.5 Å². The first-order chi connectivity index (χ1) is 12.0. The van der Waals surface area contributed by atoms with E-state index in [0.29, 0.717) is 23.6 Å². The molecule has 2 rings (SSSR count). The third kappa shape index (κ3) is 5.30. The van der Waals surface area contributed by atoms with E-state index in [1.54, 1.807) is 12.1 Å². The van der Waals surface area contributed by atoms with E-state index in [2.05, 4.69) is 59.8 Å². The number of nitriles is 1. The Kier molecular flexibility index (Phi) is 7.47. The van der Waals surface area contributed by atoms with Gasteiger partial charge in [-0.25, -0.2) is 0 Å². The number of carbonyl (C=O) groups is 1. The van der Waals surface area contributed by atoms with Crippen LogP contribution in [0.3, 0.4) is 0 Å². The monoisotopic (exact) mass is 574 g/mol. The van der Waals surface area contributed by atoms with E-state index in [9.17, 15) is 10.1 Å². The van der Waals surface area contributed by atoms with Crippen molar-refractivity contribution in [3.63, 3.8) is 0 Å². The van der Waals surface area contributed by atoms with Crippen LogP contribution in [0.4, 0.5) is 5.69 Å². The van der Waals surface area contributed by atoms with Gasteiger partial charge in [0.1, 0.15) is 17.4 Å². The van der Waals surface area contributed by atoms with Crippen LogP contribution in [0.5, 0.6) is 5.75 Å². The summed E-state index contributed by atoms with van der Waals surface area (Å²) in [5.41, 5.74) is 1.29. The van der Waals surface area contributed by atoms with Crippen molar-refractivity contribution in [2.45, 2.75) is 6.92 Å². The Hall–Kier alpha value is -1.37. The molecule has 4 nitrogen and oxygen atoms in total. The average Bonchev–Trinajstić information content (AvgIpc) is 2.57. The third-order valence-electron chi connectivity index (χ3n) is 3.11. The fourth-order valence-electron chi connectivity index (χ4n) is 2.04. The quantitative estimate of drug-likeness (QED) is 0.280. The van der Waals surface area contributed by atoms with Gasteiger partial charge in [-0.1, -0.05) is 28.1 Å². The van der Waals surface area contributed by atoms with Gasteiger partial charge in [0.05, 0.1) is 16.8 Å². The Morgan fingerprint density at radius 2 is 2.08 bits per heavy atom. The fourth-order valence-corrected chi connectivity index (χ4v) is 3.94. The van der Waals surface area contributed by atoms with Crippen LogP contribution in [0, 0.1) is 14.9 Å². The van der Waals surface area contributed by atoms with E-state index in [1.807, 2.05) is 37.3 Å². The predicted molar refractivity (Wildman–Crippen MR) is 114 cm³/mol. The number of ether oxygens (including phenoxy) is 1. The Balaban J connectivity index is 2.39. The standard InChI is InChI=1S/C18H13Br2IN2O2/c1-2-25-17-11(8-13(19)9-14(17)20)7-12(10-22)18(24)23-16-6-4-3-5-15(16)21/h3-9H,2H2,1H3,(H,23,24)/b12-7-. The molecule has 0 aliphatic rings. The highest BCUT2D eigenvalue weighted by Gasteiger charge is 2.14. The topological polar surface area (TPSA) is 62.1 Å². The van der Waals surface area contributed by atoms with Crippen molar-refractivity contribution >= 4 is 72.1 Å². The summed E-state index contributed by atoms with van der Waals surface area (Å²) in [4.78, 5) is 12.5. The maximum absolute atomic E-state index is 12.5. The Morgan fingerprint density at radius 1 is 1.36 bits per heavy atom. The third-order valence-corrected chi connectivity index (χ3v) is 5.10. The molecule has 0 saturated heterocycles. The summed E-state index contributed by atoms with van der Waals surface area (Å²) in [5.74, 6) is 0.116. The number of carbonyl (C=O) groups excluding carboxylic acids is 1. The second kappa shape index (κ2) is 9.36. The summed E-state index contributed by atoms with van der Waals surface area (Å²) in [5, 5.41) is 12.2. The van der Waals surface area contributed by atoms with Crippen LogP contribution in [0.2, 0.25) is 0 Å². The van der Waals surface area contributed by atoms with Gasteiger partial charge in [-0.3, -0.25) is 4.79 Å². The Labute approximate surface area is 176 Å². The number of anilines is 1. The van der Waals surface area contributed by atoms with Crippen LogP contribution in [-0.2, 0) is 4.79 Å². The molecule has 0 atom stereocenters. The molecule has 25 heavy (non-hydrogen) atoms. The van der Waals surface area contributed by atoms with Crippen molar-refractivity contribution < 1.29 is 9.53 Å². The van der Waals surface area contributed by atoms with Gasteiger partial charge in [-0.15, -0.1) is 0 Å². The number of amides is 1. The molecule has 2 aromatic carbocycles. The molecule has 1 amide bonds. The lowest BCUT2D eigenvalue weighted by Gasteiger charge is -2.11. The molecule has 0 unspecified atom stereocenters. The lowest BCUT2D eigenvalue weighted by atomic mass is 10.1. The number of nitrogens with zero attached hydrogens (tertiary/aromatic N) is 1. The van der Waals surface area contributed by atoms with Gasteiger partial charge in [0.15, 0.2) is 0 Å². The molecule has 0 spiro atoms. The number of hydrogen-bond donors (Lipinski definition) is 1. The van der Waals surface area contributed by atoms with E-state index in [-0.39, 0.29) is 5.57 Å². The first-order valence-electron chi connectivity index (χ1n) is 7.25. The summed E-state index contributed by atoms with van der Waals surface area (Å²) in [6, 6.07) is 13.0. The lowest BCUT2D eigenvalue weighted by Crippen LogP contribution is -2.14. The van der Waals surface area contributed by atoms with Crippen LogP contribution in [-0.4, -0.2) is 12.5 Å². The number of rotatable bonds is 5. The molecule has 0 fully saturated rings. The van der Waals surface area contributed by atoms with E-state index < -0.39 is 5.91 Å². The van der Waals surface area contributed by atoms with Crippen molar-refractivity contribution in [2.75, 3.05) is 11.9 Å². The van der Waals surface area contributed by atoms with Gasteiger partial charge in [0.25, 0.3) is 5.91 Å². The molecular weight excluding hydrogens is 563 g/mol. The molecule has 7 heteroatoms. The molecule has 1 N–H and O–H groups in total. The summed E-state index contributed by atoms with van der Waals surface area (Å²) in [6.45, 7) is 2.34. The van der Waals surface area contributed by atoms with Crippen molar-refractivity contribution in [3.8, 4) is 11.8 Å². The minimum atomic E-state index is -0.467. The summed E-state index contributed by atoms with van der Waals surface area (Å²) < 4.78 is 8.08. The maximum Gasteiger partial charge on any atom is 0.266 e. The average molecular weight is 576 g/mol. The summed E-state index contributed by atoms with van der Waals surface area (Å²) in [6.07, 6.45) is 1.52. The molecule has 0 aliphatic carbocycles. The second-order valence-electron chi connectivity index (χ2n) is 4.84. The van der Waals surface area contributed by atoms with Gasteiger partial charge in [-0.05, 0) is 75.8 Å². The van der Waals surface area contributed by atoms with Crippen LogP contribution < -0.4 is 10.1 Å². The first kappa shape index (κ1) is 19.9. The zero-order valence-corrected chi connectivity index (χ0v) is 18.5. The highest BCUT2D eigenvalue weighted by molar-refractivity contribution is 14.1. The van der Waals surface area contributed by atoms with Crippen molar-refractivity contribution in [1.29, 1.82) is 5.26 Å². The molecule has 0 aromatic heterocycles. The molecular formula is C18H13Br2IN2O2. The molecule has 128 valence electrons. The van der Waals surface area contributed by atoms with E-state index in [0.717, 1.165) is 12.5 Å². The minimum Gasteiger partial charge on any atom is -0.492 e. The summed E-state index contributed by atoms with van der Waals surface area (Å²) in [7, 11) is 0. The number of hydrogen-bond acceptors (Lipinski definition) is 3. The van der Waals surface area contributed by atoms with Crippen LogP contribution in [0.15, 0.2) is 50.9 Å². The number of halogens is 3. The summed E-state index contributed by atoms with van der Waals surface area (Å²) >= 11 is 8.98. The largest absolute Gasteiger partial charge is 0.492 e. The normalized spacial score (nSPS) is 10.9.